The normalized spacial score (nSPS) is 19.5. The second kappa shape index (κ2) is 6.00. The molecule has 1 aliphatic heterocycles. The number of amides is 1. The molecule has 0 bridgehead atoms. The Bertz CT molecular complexity index is 501. The smallest absolute Gasteiger partial charge is 0.225 e. The van der Waals surface area contributed by atoms with Crippen LogP contribution in [0.15, 0.2) is 6.07 Å². The lowest BCUT2D eigenvalue weighted by atomic mass is 9.94. The van der Waals surface area contributed by atoms with Crippen molar-refractivity contribution in [3.05, 3.63) is 17.5 Å². The number of hydrogen-bond acceptors (Lipinski definition) is 4. The average molecular weight is 290 g/mol. The standard InChI is InChI=1S/C16H26N4O/c1-11-9-12(2)18-15(17-11)20-8-6-7-13(10-20)19-14(21)16(3,4)5/h9,13H,6-8,10H2,1-5H3,(H,19,21). The molecule has 1 aromatic heterocycles. The molecule has 1 unspecified atom stereocenters. The van der Waals surface area contributed by atoms with E-state index in [-0.39, 0.29) is 17.4 Å². The molecule has 0 saturated carbocycles. The molecule has 21 heavy (non-hydrogen) atoms. The van der Waals surface area contributed by atoms with Gasteiger partial charge in [-0.1, -0.05) is 20.8 Å². The first-order valence-electron chi connectivity index (χ1n) is 7.64. The molecule has 1 N–H and O–H groups in total. The third-order valence-corrected chi connectivity index (χ3v) is 3.69. The molecule has 1 aliphatic rings. The van der Waals surface area contributed by atoms with Crippen molar-refractivity contribution in [2.75, 3.05) is 18.0 Å². The lowest BCUT2D eigenvalue weighted by Gasteiger charge is -2.34. The van der Waals surface area contributed by atoms with Gasteiger partial charge in [-0.15, -0.1) is 0 Å². The van der Waals surface area contributed by atoms with Crippen molar-refractivity contribution in [3.8, 4) is 0 Å². The zero-order valence-electron chi connectivity index (χ0n) is 13.7. The number of hydrogen-bond donors (Lipinski definition) is 1. The summed E-state index contributed by atoms with van der Waals surface area (Å²) in [6, 6.07) is 2.15. The van der Waals surface area contributed by atoms with Gasteiger partial charge in [0, 0.05) is 35.9 Å². The first-order valence-corrected chi connectivity index (χ1v) is 7.64. The third-order valence-electron chi connectivity index (χ3n) is 3.69. The number of aryl methyl sites for hydroxylation is 2. The van der Waals surface area contributed by atoms with Crippen LogP contribution in [0.3, 0.4) is 0 Å². The summed E-state index contributed by atoms with van der Waals surface area (Å²) < 4.78 is 0. The van der Waals surface area contributed by atoms with Crippen molar-refractivity contribution < 1.29 is 4.79 Å². The Morgan fingerprint density at radius 1 is 1.29 bits per heavy atom. The van der Waals surface area contributed by atoms with Crippen LogP contribution in [0.4, 0.5) is 5.95 Å². The zero-order chi connectivity index (χ0) is 15.6. The summed E-state index contributed by atoms with van der Waals surface area (Å²) in [6.07, 6.45) is 2.06. The van der Waals surface area contributed by atoms with Crippen LogP contribution < -0.4 is 10.2 Å². The molecule has 116 valence electrons. The molecule has 1 aromatic rings. The van der Waals surface area contributed by atoms with E-state index in [9.17, 15) is 4.79 Å². The Labute approximate surface area is 127 Å². The maximum Gasteiger partial charge on any atom is 0.225 e. The Hall–Kier alpha value is -1.65. The average Bonchev–Trinajstić information content (AvgIpc) is 2.36. The predicted octanol–water partition coefficient (Wildman–Crippen LogP) is 2.22. The maximum absolute atomic E-state index is 12.1. The second-order valence-corrected chi connectivity index (χ2v) is 6.96. The van der Waals surface area contributed by atoms with Gasteiger partial charge in [-0.3, -0.25) is 4.79 Å². The Morgan fingerprint density at radius 3 is 2.48 bits per heavy atom. The van der Waals surface area contributed by atoms with Gasteiger partial charge in [-0.2, -0.15) is 0 Å². The van der Waals surface area contributed by atoms with Crippen molar-refractivity contribution in [1.29, 1.82) is 0 Å². The van der Waals surface area contributed by atoms with Crippen molar-refractivity contribution >= 4 is 11.9 Å². The van der Waals surface area contributed by atoms with E-state index in [1.165, 1.54) is 0 Å². The minimum absolute atomic E-state index is 0.107. The third kappa shape index (κ3) is 4.16. The molecule has 0 aliphatic carbocycles. The Morgan fingerprint density at radius 2 is 1.90 bits per heavy atom. The topological polar surface area (TPSA) is 58.1 Å². The number of nitrogens with one attached hydrogen (secondary N) is 1. The lowest BCUT2D eigenvalue weighted by molar-refractivity contribution is -0.129. The van der Waals surface area contributed by atoms with E-state index in [4.69, 9.17) is 0 Å². The van der Waals surface area contributed by atoms with Crippen molar-refractivity contribution in [2.24, 2.45) is 5.41 Å². The van der Waals surface area contributed by atoms with E-state index in [0.717, 1.165) is 43.3 Å². The van der Waals surface area contributed by atoms with Gasteiger partial charge in [-0.05, 0) is 32.8 Å². The van der Waals surface area contributed by atoms with E-state index < -0.39 is 0 Å². The van der Waals surface area contributed by atoms with Crippen molar-refractivity contribution in [1.82, 2.24) is 15.3 Å². The molecule has 1 saturated heterocycles. The van der Waals surface area contributed by atoms with Gasteiger partial charge < -0.3 is 10.2 Å². The molecule has 0 aromatic carbocycles. The molecular weight excluding hydrogens is 264 g/mol. The SMILES string of the molecule is Cc1cc(C)nc(N2CCCC(NC(=O)C(C)(C)C)C2)n1. The number of rotatable bonds is 2. The molecule has 0 radical (unpaired) electrons. The summed E-state index contributed by atoms with van der Waals surface area (Å²) in [5.74, 6) is 0.887. The van der Waals surface area contributed by atoms with E-state index in [2.05, 4.69) is 20.2 Å². The molecule has 0 spiro atoms. The van der Waals surface area contributed by atoms with E-state index in [0.29, 0.717) is 0 Å². The number of anilines is 1. The van der Waals surface area contributed by atoms with Gasteiger partial charge in [0.05, 0.1) is 0 Å². The van der Waals surface area contributed by atoms with Crippen molar-refractivity contribution in [3.63, 3.8) is 0 Å². The van der Waals surface area contributed by atoms with Crippen LogP contribution in [0.5, 0.6) is 0 Å². The Balaban J connectivity index is 2.05. The molecular formula is C16H26N4O. The fourth-order valence-corrected chi connectivity index (χ4v) is 2.53. The zero-order valence-corrected chi connectivity index (χ0v) is 13.7. The minimum Gasteiger partial charge on any atom is -0.351 e. The monoisotopic (exact) mass is 290 g/mol. The van der Waals surface area contributed by atoms with Crippen LogP contribution >= 0.6 is 0 Å². The largest absolute Gasteiger partial charge is 0.351 e. The van der Waals surface area contributed by atoms with Crippen LogP contribution in [0, 0.1) is 19.3 Å². The van der Waals surface area contributed by atoms with E-state index in [1.807, 2.05) is 40.7 Å². The van der Waals surface area contributed by atoms with E-state index >= 15 is 0 Å². The van der Waals surface area contributed by atoms with Gasteiger partial charge in [0.15, 0.2) is 0 Å². The first kappa shape index (κ1) is 15.7. The molecule has 5 heteroatoms. The van der Waals surface area contributed by atoms with Crippen LogP contribution in [0.2, 0.25) is 0 Å². The highest BCUT2D eigenvalue weighted by atomic mass is 16.2. The lowest BCUT2D eigenvalue weighted by Crippen LogP contribution is -2.50. The van der Waals surface area contributed by atoms with Crippen molar-refractivity contribution in [2.45, 2.75) is 53.5 Å². The second-order valence-electron chi connectivity index (χ2n) is 6.96. The quantitative estimate of drug-likeness (QED) is 0.907. The summed E-state index contributed by atoms with van der Waals surface area (Å²) in [5.41, 5.74) is 1.62. The minimum atomic E-state index is -0.349. The number of carbonyl (C=O) groups excluding carboxylic acids is 1. The van der Waals surface area contributed by atoms with Crippen LogP contribution in [0.1, 0.15) is 45.0 Å². The molecule has 1 fully saturated rings. The molecule has 1 atom stereocenters. The summed E-state index contributed by atoms with van der Waals surface area (Å²) in [6.45, 7) is 11.5. The summed E-state index contributed by atoms with van der Waals surface area (Å²) in [7, 11) is 0. The Kier molecular flexibility index (Phi) is 4.49. The summed E-state index contributed by atoms with van der Waals surface area (Å²) >= 11 is 0. The highest BCUT2D eigenvalue weighted by molar-refractivity contribution is 5.81. The first-order chi connectivity index (χ1) is 9.75. The summed E-state index contributed by atoms with van der Waals surface area (Å²) in [4.78, 5) is 23.3. The summed E-state index contributed by atoms with van der Waals surface area (Å²) in [5, 5.41) is 3.15. The van der Waals surface area contributed by atoms with E-state index in [1.54, 1.807) is 0 Å². The number of aromatic nitrogens is 2. The fraction of sp³-hybridized carbons (Fsp3) is 0.688. The van der Waals surface area contributed by atoms with Gasteiger partial charge >= 0.3 is 0 Å². The highest BCUT2D eigenvalue weighted by Crippen LogP contribution is 2.19. The number of piperidine rings is 1. The van der Waals surface area contributed by atoms with Crippen LogP contribution in [-0.4, -0.2) is 35.0 Å². The molecule has 5 nitrogen and oxygen atoms in total. The van der Waals surface area contributed by atoms with Gasteiger partial charge in [0.25, 0.3) is 0 Å². The highest BCUT2D eigenvalue weighted by Gasteiger charge is 2.27. The molecule has 2 heterocycles. The maximum atomic E-state index is 12.1. The van der Waals surface area contributed by atoms with Gasteiger partial charge in [0.2, 0.25) is 11.9 Å². The predicted molar refractivity (Wildman–Crippen MR) is 84.3 cm³/mol. The number of nitrogens with zero attached hydrogens (tertiary/aromatic N) is 3. The van der Waals surface area contributed by atoms with Gasteiger partial charge in [0.1, 0.15) is 0 Å². The number of carbonyl (C=O) groups is 1. The fourth-order valence-electron chi connectivity index (χ4n) is 2.53. The van der Waals surface area contributed by atoms with Crippen LogP contribution in [-0.2, 0) is 4.79 Å². The molecule has 2 rings (SSSR count). The van der Waals surface area contributed by atoms with Gasteiger partial charge in [-0.25, -0.2) is 9.97 Å². The molecule has 1 amide bonds. The van der Waals surface area contributed by atoms with Crippen LogP contribution in [0.25, 0.3) is 0 Å².